The summed E-state index contributed by atoms with van der Waals surface area (Å²) in [6, 6.07) is 3.37. The molecule has 0 radical (unpaired) electrons. The molecule has 0 unspecified atom stereocenters. The molecule has 0 spiro atoms. The van der Waals surface area contributed by atoms with Gasteiger partial charge in [-0.15, -0.1) is 0 Å². The van der Waals surface area contributed by atoms with E-state index in [1.54, 1.807) is 24.5 Å². The van der Waals surface area contributed by atoms with Gasteiger partial charge in [0.05, 0.1) is 0 Å². The molecular formula is C6H7N2O+. The first-order valence-corrected chi connectivity index (χ1v) is 2.56. The number of H-pyrrole nitrogens is 1. The Morgan fingerprint density at radius 2 is 2.44 bits per heavy atom. The van der Waals surface area contributed by atoms with E-state index >= 15 is 0 Å². The van der Waals surface area contributed by atoms with Crippen molar-refractivity contribution >= 4 is 5.91 Å². The average Bonchev–Trinajstić information content (AvgIpc) is 1.90. The van der Waals surface area contributed by atoms with E-state index in [2.05, 4.69) is 4.98 Å². The Morgan fingerprint density at radius 3 is 2.78 bits per heavy atom. The molecule has 0 aliphatic rings. The number of primary amides is 1. The molecule has 0 aromatic carbocycles. The first-order chi connectivity index (χ1) is 4.30. The minimum Gasteiger partial charge on any atom is -0.365 e. The van der Waals surface area contributed by atoms with Crippen LogP contribution in [0.3, 0.4) is 0 Å². The Labute approximate surface area is 52.5 Å². The number of carbonyl (C=O) groups excluding carboxylic acids is 1. The number of aromatic nitrogens is 1. The lowest BCUT2D eigenvalue weighted by molar-refractivity contribution is -0.378. The highest BCUT2D eigenvalue weighted by molar-refractivity contribution is 5.92. The van der Waals surface area contributed by atoms with Gasteiger partial charge in [0, 0.05) is 6.07 Å². The van der Waals surface area contributed by atoms with Crippen molar-refractivity contribution in [1.82, 2.24) is 0 Å². The van der Waals surface area contributed by atoms with Crippen LogP contribution in [0.2, 0.25) is 0 Å². The van der Waals surface area contributed by atoms with Crippen molar-refractivity contribution in [1.29, 1.82) is 0 Å². The molecule has 0 aliphatic carbocycles. The predicted octanol–water partition coefficient (Wildman–Crippen LogP) is -0.400. The van der Waals surface area contributed by atoms with Gasteiger partial charge in [0.1, 0.15) is 5.56 Å². The van der Waals surface area contributed by atoms with Crippen LogP contribution in [-0.4, -0.2) is 5.91 Å². The molecule has 0 saturated carbocycles. The third-order valence-corrected chi connectivity index (χ3v) is 0.992. The van der Waals surface area contributed by atoms with Crippen LogP contribution in [0, 0.1) is 0 Å². The van der Waals surface area contributed by atoms with E-state index in [4.69, 9.17) is 5.73 Å². The lowest BCUT2D eigenvalue weighted by Gasteiger charge is -1.84. The van der Waals surface area contributed by atoms with Crippen molar-refractivity contribution in [2.75, 3.05) is 0 Å². The molecule has 9 heavy (non-hydrogen) atoms. The SMILES string of the molecule is NC(=O)c1ccc[nH+]c1. The molecule has 1 aromatic rings. The van der Waals surface area contributed by atoms with Crippen molar-refractivity contribution in [2.45, 2.75) is 0 Å². The second kappa shape index (κ2) is 2.26. The highest BCUT2D eigenvalue weighted by atomic mass is 16.1. The summed E-state index contributed by atoms with van der Waals surface area (Å²) in [5.74, 6) is -0.410. The van der Waals surface area contributed by atoms with Gasteiger partial charge in [0.15, 0.2) is 12.4 Å². The van der Waals surface area contributed by atoms with Crippen LogP contribution in [0.5, 0.6) is 0 Å². The molecule has 1 aromatic heterocycles. The minimum atomic E-state index is -0.410. The maximum Gasteiger partial charge on any atom is 0.254 e. The monoisotopic (exact) mass is 123 g/mol. The summed E-state index contributed by atoms with van der Waals surface area (Å²) in [5.41, 5.74) is 5.45. The molecule has 0 aliphatic heterocycles. The maximum atomic E-state index is 10.4. The number of carbonyl (C=O) groups is 1. The maximum absolute atomic E-state index is 10.4. The van der Waals surface area contributed by atoms with E-state index in [1.807, 2.05) is 0 Å². The molecule has 0 saturated heterocycles. The lowest BCUT2D eigenvalue weighted by Crippen LogP contribution is -2.14. The van der Waals surface area contributed by atoms with Gasteiger partial charge in [-0.25, -0.2) is 4.98 Å². The fourth-order valence-corrected chi connectivity index (χ4v) is 0.547. The van der Waals surface area contributed by atoms with Crippen LogP contribution in [0.4, 0.5) is 0 Å². The lowest BCUT2D eigenvalue weighted by atomic mass is 10.3. The summed E-state index contributed by atoms with van der Waals surface area (Å²) in [7, 11) is 0. The smallest absolute Gasteiger partial charge is 0.254 e. The van der Waals surface area contributed by atoms with E-state index in [9.17, 15) is 4.79 Å². The molecule has 0 fully saturated rings. The number of hydrogen-bond donors (Lipinski definition) is 1. The molecule has 3 nitrogen and oxygen atoms in total. The van der Waals surface area contributed by atoms with E-state index in [0.717, 1.165) is 0 Å². The zero-order valence-corrected chi connectivity index (χ0v) is 4.79. The second-order valence-electron chi connectivity index (χ2n) is 1.66. The van der Waals surface area contributed by atoms with Gasteiger partial charge < -0.3 is 5.73 Å². The fourth-order valence-electron chi connectivity index (χ4n) is 0.547. The van der Waals surface area contributed by atoms with Gasteiger partial charge in [0.25, 0.3) is 5.91 Å². The molecule has 0 atom stereocenters. The Bertz CT molecular complexity index is 208. The number of amides is 1. The van der Waals surface area contributed by atoms with Crippen LogP contribution < -0.4 is 10.7 Å². The number of pyridine rings is 1. The first kappa shape index (κ1) is 5.75. The van der Waals surface area contributed by atoms with Gasteiger partial charge >= 0.3 is 0 Å². The third kappa shape index (κ3) is 1.25. The quantitative estimate of drug-likeness (QED) is 0.542. The highest BCUT2D eigenvalue weighted by Gasteiger charge is 1.98. The zero-order chi connectivity index (χ0) is 6.69. The van der Waals surface area contributed by atoms with Gasteiger partial charge in [-0.3, -0.25) is 4.79 Å². The highest BCUT2D eigenvalue weighted by Crippen LogP contribution is 1.88. The van der Waals surface area contributed by atoms with Crippen molar-refractivity contribution < 1.29 is 9.78 Å². The number of rotatable bonds is 1. The molecule has 1 amide bonds. The normalized spacial score (nSPS) is 8.89. The van der Waals surface area contributed by atoms with Crippen LogP contribution in [-0.2, 0) is 0 Å². The van der Waals surface area contributed by atoms with E-state index in [0.29, 0.717) is 5.56 Å². The Balaban J connectivity index is 2.98. The summed E-state index contributed by atoms with van der Waals surface area (Å²) >= 11 is 0. The average molecular weight is 123 g/mol. The standard InChI is InChI=1S/C6H6N2O/c7-6(9)5-2-1-3-8-4-5/h1-4H,(H2,7,9)/p+1. The third-order valence-electron chi connectivity index (χ3n) is 0.992. The molecule has 3 heteroatoms. The van der Waals surface area contributed by atoms with E-state index < -0.39 is 5.91 Å². The topological polar surface area (TPSA) is 57.2 Å². The first-order valence-electron chi connectivity index (χ1n) is 2.56. The fraction of sp³-hybridized carbons (Fsp3) is 0. The van der Waals surface area contributed by atoms with E-state index in [-0.39, 0.29) is 0 Å². The Hall–Kier alpha value is -1.38. The second-order valence-corrected chi connectivity index (χ2v) is 1.66. The molecule has 46 valence electrons. The molecule has 1 heterocycles. The van der Waals surface area contributed by atoms with Crippen molar-refractivity contribution in [2.24, 2.45) is 5.73 Å². The Kier molecular flexibility index (Phi) is 1.44. The van der Waals surface area contributed by atoms with Crippen molar-refractivity contribution in [3.63, 3.8) is 0 Å². The summed E-state index contributed by atoms with van der Waals surface area (Å²) in [5, 5.41) is 0. The summed E-state index contributed by atoms with van der Waals surface area (Å²) in [6.45, 7) is 0. The van der Waals surface area contributed by atoms with Crippen LogP contribution in [0.1, 0.15) is 10.4 Å². The number of nitrogens with one attached hydrogen (secondary N) is 1. The largest absolute Gasteiger partial charge is 0.365 e. The van der Waals surface area contributed by atoms with Gasteiger partial charge in [-0.2, -0.15) is 0 Å². The van der Waals surface area contributed by atoms with Crippen molar-refractivity contribution in [3.8, 4) is 0 Å². The Morgan fingerprint density at radius 1 is 1.67 bits per heavy atom. The molecule has 0 bridgehead atoms. The molecule has 1 rings (SSSR count). The summed E-state index contributed by atoms with van der Waals surface area (Å²) in [6.07, 6.45) is 3.27. The van der Waals surface area contributed by atoms with Crippen molar-refractivity contribution in [3.05, 3.63) is 30.1 Å². The molecular weight excluding hydrogens is 116 g/mol. The number of hydrogen-bond acceptors (Lipinski definition) is 1. The minimum absolute atomic E-state index is 0.410. The number of aromatic amines is 1. The van der Waals surface area contributed by atoms with Gasteiger partial charge in [-0.1, -0.05) is 0 Å². The van der Waals surface area contributed by atoms with Crippen LogP contribution >= 0.6 is 0 Å². The van der Waals surface area contributed by atoms with Gasteiger partial charge in [0.2, 0.25) is 0 Å². The zero-order valence-electron chi connectivity index (χ0n) is 4.79. The van der Waals surface area contributed by atoms with Crippen LogP contribution in [0.25, 0.3) is 0 Å². The van der Waals surface area contributed by atoms with Crippen LogP contribution in [0.15, 0.2) is 24.5 Å². The van der Waals surface area contributed by atoms with E-state index in [1.165, 1.54) is 0 Å². The number of nitrogens with two attached hydrogens (primary N) is 1. The molecule has 3 N–H and O–H groups in total. The van der Waals surface area contributed by atoms with Gasteiger partial charge in [-0.05, 0) is 6.07 Å². The summed E-state index contributed by atoms with van der Waals surface area (Å²) < 4.78 is 0. The summed E-state index contributed by atoms with van der Waals surface area (Å²) in [4.78, 5) is 13.1. The predicted molar refractivity (Wildman–Crippen MR) is 31.5 cm³/mol.